The van der Waals surface area contributed by atoms with Crippen LogP contribution in [0.1, 0.15) is 11.1 Å². The van der Waals surface area contributed by atoms with Gasteiger partial charge >= 0.3 is 0 Å². The maximum atomic E-state index is 9.93. The van der Waals surface area contributed by atoms with Crippen molar-refractivity contribution in [3.05, 3.63) is 62.5 Å². The molecule has 0 aliphatic rings. The summed E-state index contributed by atoms with van der Waals surface area (Å²) >= 11 is 3.73. The predicted octanol–water partition coefficient (Wildman–Crippen LogP) is 4.87. The topological polar surface area (TPSA) is 57.5 Å². The number of thiazole rings is 1. The third kappa shape index (κ3) is 3.89. The molecule has 1 aromatic heterocycles. The molecule has 3 rings (SSSR count). The van der Waals surface area contributed by atoms with Crippen LogP contribution in [0.15, 0.2) is 52.9 Å². The van der Waals surface area contributed by atoms with Gasteiger partial charge in [-0.1, -0.05) is 30.3 Å². The van der Waals surface area contributed by atoms with Crippen molar-refractivity contribution in [1.29, 1.82) is 0 Å². The Balaban J connectivity index is 1.72. The van der Waals surface area contributed by atoms with Crippen molar-refractivity contribution in [1.82, 2.24) is 4.98 Å². The van der Waals surface area contributed by atoms with E-state index in [0.717, 1.165) is 20.4 Å². The largest absolute Gasteiger partial charge is 0.507 e. The average molecular weight is 435 g/mol. The molecule has 0 aliphatic carbocycles. The summed E-state index contributed by atoms with van der Waals surface area (Å²) in [5.41, 5.74) is 6.62. The van der Waals surface area contributed by atoms with Crippen molar-refractivity contribution < 1.29 is 5.11 Å². The molecule has 4 nitrogen and oxygen atoms in total. The maximum absolute atomic E-state index is 9.93. The summed E-state index contributed by atoms with van der Waals surface area (Å²) in [6.07, 6.45) is 1.60. The first-order chi connectivity index (χ1) is 11.1. The van der Waals surface area contributed by atoms with Crippen LogP contribution in [0, 0.1) is 10.5 Å². The van der Waals surface area contributed by atoms with Gasteiger partial charge in [0.2, 0.25) is 5.13 Å². The lowest BCUT2D eigenvalue weighted by Crippen LogP contribution is -1.92. The minimum Gasteiger partial charge on any atom is -0.507 e. The number of aromatic hydroxyl groups is 1. The fourth-order valence-electron chi connectivity index (χ4n) is 2.01. The van der Waals surface area contributed by atoms with Crippen LogP contribution in [-0.4, -0.2) is 16.3 Å². The number of nitrogens with zero attached hydrogens (tertiary/aromatic N) is 2. The van der Waals surface area contributed by atoms with Crippen LogP contribution in [0.4, 0.5) is 5.13 Å². The molecular weight excluding hydrogens is 421 g/mol. The molecule has 116 valence electrons. The van der Waals surface area contributed by atoms with Gasteiger partial charge in [-0.2, -0.15) is 5.10 Å². The lowest BCUT2D eigenvalue weighted by molar-refractivity contribution is 0.474. The van der Waals surface area contributed by atoms with E-state index in [1.165, 1.54) is 11.3 Å². The van der Waals surface area contributed by atoms with E-state index in [-0.39, 0.29) is 5.75 Å². The number of hydrogen-bond donors (Lipinski definition) is 2. The predicted molar refractivity (Wildman–Crippen MR) is 104 cm³/mol. The number of hydrogen-bond acceptors (Lipinski definition) is 5. The van der Waals surface area contributed by atoms with Crippen LogP contribution in [0.5, 0.6) is 5.75 Å². The Kier molecular flexibility index (Phi) is 4.92. The number of hydrazone groups is 1. The van der Waals surface area contributed by atoms with Crippen molar-refractivity contribution in [3.63, 3.8) is 0 Å². The van der Waals surface area contributed by atoms with Gasteiger partial charge in [-0.25, -0.2) is 4.98 Å². The van der Waals surface area contributed by atoms with Gasteiger partial charge in [0, 0.05) is 20.1 Å². The van der Waals surface area contributed by atoms with Gasteiger partial charge in [0.05, 0.1) is 11.9 Å². The van der Waals surface area contributed by atoms with Gasteiger partial charge in [0.1, 0.15) is 5.75 Å². The third-order valence-electron chi connectivity index (χ3n) is 3.25. The van der Waals surface area contributed by atoms with Gasteiger partial charge in [-0.15, -0.1) is 11.3 Å². The highest BCUT2D eigenvalue weighted by Gasteiger charge is 2.04. The fraction of sp³-hybridized carbons (Fsp3) is 0.0588. The molecule has 1 heterocycles. The summed E-state index contributed by atoms with van der Waals surface area (Å²) in [7, 11) is 0. The van der Waals surface area contributed by atoms with Crippen LogP contribution >= 0.6 is 33.9 Å². The molecule has 2 aromatic carbocycles. The van der Waals surface area contributed by atoms with Crippen molar-refractivity contribution in [2.75, 3.05) is 5.43 Å². The van der Waals surface area contributed by atoms with Crippen LogP contribution in [0.2, 0.25) is 0 Å². The normalized spacial score (nSPS) is 11.0. The van der Waals surface area contributed by atoms with E-state index in [0.29, 0.717) is 10.7 Å². The van der Waals surface area contributed by atoms with E-state index < -0.39 is 0 Å². The van der Waals surface area contributed by atoms with E-state index in [4.69, 9.17) is 0 Å². The lowest BCUT2D eigenvalue weighted by Gasteiger charge is -2.03. The van der Waals surface area contributed by atoms with Crippen LogP contribution in [0.25, 0.3) is 11.3 Å². The molecule has 6 heteroatoms. The molecule has 0 atom stereocenters. The smallest absolute Gasteiger partial charge is 0.203 e. The van der Waals surface area contributed by atoms with E-state index in [1.54, 1.807) is 12.3 Å². The molecule has 3 aromatic rings. The Labute approximate surface area is 152 Å². The van der Waals surface area contributed by atoms with E-state index in [9.17, 15) is 5.11 Å². The first kappa shape index (κ1) is 15.9. The molecule has 2 N–H and O–H groups in total. The quantitative estimate of drug-likeness (QED) is 0.349. The molecule has 0 radical (unpaired) electrons. The SMILES string of the molecule is Cc1cc(O)c(C=NNc2nc(-c3ccccc3)cs2)cc1I. The number of phenols is 1. The van der Waals surface area contributed by atoms with Crippen molar-refractivity contribution in [3.8, 4) is 17.0 Å². The monoisotopic (exact) mass is 435 g/mol. The number of phenolic OH excluding ortho intramolecular Hbond substituents is 1. The maximum Gasteiger partial charge on any atom is 0.203 e. The minimum atomic E-state index is 0.220. The van der Waals surface area contributed by atoms with Crippen LogP contribution < -0.4 is 5.43 Å². The zero-order chi connectivity index (χ0) is 16.2. The number of rotatable bonds is 4. The summed E-state index contributed by atoms with van der Waals surface area (Å²) in [5.74, 6) is 0.220. The van der Waals surface area contributed by atoms with Gasteiger partial charge in [0.15, 0.2) is 0 Å². The Morgan fingerprint density at radius 2 is 2.04 bits per heavy atom. The molecule has 0 saturated carbocycles. The lowest BCUT2D eigenvalue weighted by atomic mass is 10.1. The number of nitrogens with one attached hydrogen (secondary N) is 1. The molecule has 0 fully saturated rings. The number of halogens is 1. The second-order valence-corrected chi connectivity index (χ2v) is 6.95. The highest BCUT2D eigenvalue weighted by atomic mass is 127. The summed E-state index contributed by atoms with van der Waals surface area (Å²) in [6.45, 7) is 1.96. The minimum absolute atomic E-state index is 0.220. The van der Waals surface area contributed by atoms with Gasteiger partial charge in [0.25, 0.3) is 0 Å². The Bertz CT molecular complexity index is 846. The molecule has 0 amide bonds. The van der Waals surface area contributed by atoms with Crippen LogP contribution in [-0.2, 0) is 0 Å². The van der Waals surface area contributed by atoms with E-state index in [1.807, 2.05) is 48.7 Å². The van der Waals surface area contributed by atoms with Gasteiger partial charge < -0.3 is 5.11 Å². The number of aromatic nitrogens is 1. The van der Waals surface area contributed by atoms with Gasteiger partial charge in [-0.05, 0) is 47.2 Å². The Morgan fingerprint density at radius 3 is 2.83 bits per heavy atom. The molecule has 0 unspecified atom stereocenters. The number of benzene rings is 2. The Morgan fingerprint density at radius 1 is 1.26 bits per heavy atom. The van der Waals surface area contributed by atoms with Crippen molar-refractivity contribution >= 4 is 45.3 Å². The first-order valence-electron chi connectivity index (χ1n) is 6.92. The Hall–Kier alpha value is -1.93. The molecule has 23 heavy (non-hydrogen) atoms. The zero-order valence-electron chi connectivity index (χ0n) is 12.3. The van der Waals surface area contributed by atoms with Crippen molar-refractivity contribution in [2.24, 2.45) is 5.10 Å². The van der Waals surface area contributed by atoms with E-state index >= 15 is 0 Å². The second kappa shape index (κ2) is 7.10. The third-order valence-corrected chi connectivity index (χ3v) is 5.15. The number of anilines is 1. The molecule has 0 bridgehead atoms. The van der Waals surface area contributed by atoms with Crippen molar-refractivity contribution in [2.45, 2.75) is 6.92 Å². The second-order valence-electron chi connectivity index (χ2n) is 4.93. The molecule has 0 saturated heterocycles. The summed E-state index contributed by atoms with van der Waals surface area (Å²) in [5, 5.41) is 16.8. The summed E-state index contributed by atoms with van der Waals surface area (Å²) in [4.78, 5) is 4.50. The first-order valence-corrected chi connectivity index (χ1v) is 8.88. The highest BCUT2D eigenvalue weighted by molar-refractivity contribution is 14.1. The summed E-state index contributed by atoms with van der Waals surface area (Å²) in [6, 6.07) is 13.6. The van der Waals surface area contributed by atoms with E-state index in [2.05, 4.69) is 38.1 Å². The summed E-state index contributed by atoms with van der Waals surface area (Å²) < 4.78 is 1.09. The standard InChI is InChI=1S/C17H14IN3OS/c1-11-7-16(22)13(8-14(11)18)9-19-21-17-20-15(10-23-17)12-5-3-2-4-6-12/h2-10,22H,1H3,(H,20,21). The van der Waals surface area contributed by atoms with Crippen LogP contribution in [0.3, 0.4) is 0 Å². The zero-order valence-corrected chi connectivity index (χ0v) is 15.3. The van der Waals surface area contributed by atoms with Gasteiger partial charge in [-0.3, -0.25) is 5.43 Å². The molecular formula is C17H14IN3OS. The average Bonchev–Trinajstić information content (AvgIpc) is 3.02. The molecule has 0 aliphatic heterocycles. The number of aryl methyl sites for hydroxylation is 1. The highest BCUT2D eigenvalue weighted by Crippen LogP contribution is 2.25. The molecule has 0 spiro atoms. The fourth-order valence-corrected chi connectivity index (χ4v) is 3.17.